The molecule has 0 saturated carbocycles. The summed E-state index contributed by atoms with van der Waals surface area (Å²) in [6.07, 6.45) is 2.71. The Morgan fingerprint density at radius 1 is 1.00 bits per heavy atom. The van der Waals surface area contributed by atoms with Crippen LogP contribution in [0.3, 0.4) is 0 Å². The molecule has 0 N–H and O–H groups in total. The fourth-order valence-electron chi connectivity index (χ4n) is 0.781. The van der Waals surface area contributed by atoms with Crippen LogP contribution in [-0.2, 0) is 4.74 Å². The van der Waals surface area contributed by atoms with Gasteiger partial charge in [0.05, 0.1) is 0 Å². The topological polar surface area (TPSA) is 9.23 Å². The van der Waals surface area contributed by atoms with Gasteiger partial charge >= 0.3 is 0 Å². The SMILES string of the molecule is CCCC(C)C.CCOCC. The van der Waals surface area contributed by atoms with E-state index in [4.69, 9.17) is 4.74 Å². The Kier molecular flexibility index (Phi) is 15.5. The summed E-state index contributed by atoms with van der Waals surface area (Å²) in [6, 6.07) is 0. The highest BCUT2D eigenvalue weighted by atomic mass is 16.5. The molecule has 0 unspecified atom stereocenters. The molecule has 0 bridgehead atoms. The lowest BCUT2D eigenvalue weighted by molar-refractivity contribution is 0.162. The third-order valence-corrected chi connectivity index (χ3v) is 1.27. The summed E-state index contributed by atoms with van der Waals surface area (Å²) in [5.41, 5.74) is 0. The molecule has 0 aromatic carbocycles. The molecule has 0 aromatic heterocycles. The summed E-state index contributed by atoms with van der Waals surface area (Å²) >= 11 is 0. The van der Waals surface area contributed by atoms with Crippen molar-refractivity contribution < 1.29 is 4.74 Å². The molecule has 0 fully saturated rings. The van der Waals surface area contributed by atoms with Gasteiger partial charge in [0.1, 0.15) is 0 Å². The monoisotopic (exact) mass is 160 g/mol. The van der Waals surface area contributed by atoms with E-state index in [0.29, 0.717) is 0 Å². The largest absolute Gasteiger partial charge is 0.382 e. The zero-order chi connectivity index (χ0) is 9.11. The van der Waals surface area contributed by atoms with Crippen LogP contribution in [0.25, 0.3) is 0 Å². The molecule has 0 heterocycles. The van der Waals surface area contributed by atoms with E-state index >= 15 is 0 Å². The van der Waals surface area contributed by atoms with Crippen molar-refractivity contribution >= 4 is 0 Å². The third kappa shape index (κ3) is 25.7. The molecular formula is C10H24O. The minimum absolute atomic E-state index is 0.844. The van der Waals surface area contributed by atoms with Crippen LogP contribution < -0.4 is 0 Å². The van der Waals surface area contributed by atoms with Gasteiger partial charge in [-0.2, -0.15) is 0 Å². The summed E-state index contributed by atoms with van der Waals surface area (Å²) in [4.78, 5) is 0. The van der Waals surface area contributed by atoms with Gasteiger partial charge in [-0.15, -0.1) is 0 Å². The number of hydrogen-bond donors (Lipinski definition) is 0. The van der Waals surface area contributed by atoms with Gasteiger partial charge in [0, 0.05) is 13.2 Å². The second-order valence-corrected chi connectivity index (χ2v) is 2.96. The third-order valence-electron chi connectivity index (χ3n) is 1.27. The molecule has 0 amide bonds. The van der Waals surface area contributed by atoms with Gasteiger partial charge < -0.3 is 4.74 Å². The van der Waals surface area contributed by atoms with E-state index in [-0.39, 0.29) is 0 Å². The van der Waals surface area contributed by atoms with Gasteiger partial charge in [-0.05, 0) is 19.8 Å². The summed E-state index contributed by atoms with van der Waals surface area (Å²) < 4.78 is 4.83. The normalized spacial score (nSPS) is 9.27. The van der Waals surface area contributed by atoms with Crippen LogP contribution in [0.5, 0.6) is 0 Å². The van der Waals surface area contributed by atoms with Gasteiger partial charge in [-0.25, -0.2) is 0 Å². The number of ether oxygens (including phenoxy) is 1. The van der Waals surface area contributed by atoms with Crippen molar-refractivity contribution in [2.75, 3.05) is 13.2 Å². The maximum absolute atomic E-state index is 4.83. The molecule has 0 atom stereocenters. The quantitative estimate of drug-likeness (QED) is 0.611. The molecule has 0 aliphatic heterocycles. The molecule has 0 aliphatic rings. The Morgan fingerprint density at radius 3 is 1.45 bits per heavy atom. The lowest BCUT2D eigenvalue weighted by Gasteiger charge is -1.95. The zero-order valence-corrected chi connectivity index (χ0v) is 8.81. The van der Waals surface area contributed by atoms with Crippen LogP contribution in [0.15, 0.2) is 0 Å². The van der Waals surface area contributed by atoms with E-state index in [2.05, 4.69) is 20.8 Å². The Labute approximate surface area is 72.1 Å². The van der Waals surface area contributed by atoms with Crippen molar-refractivity contribution in [3.63, 3.8) is 0 Å². The second kappa shape index (κ2) is 12.6. The summed E-state index contributed by atoms with van der Waals surface area (Å²) in [5.74, 6) is 0.898. The Balaban J connectivity index is 0. The van der Waals surface area contributed by atoms with Crippen molar-refractivity contribution in [1.82, 2.24) is 0 Å². The van der Waals surface area contributed by atoms with Crippen molar-refractivity contribution in [3.8, 4) is 0 Å². The number of hydrogen-bond acceptors (Lipinski definition) is 1. The Hall–Kier alpha value is -0.0400. The van der Waals surface area contributed by atoms with Gasteiger partial charge in [0.15, 0.2) is 0 Å². The van der Waals surface area contributed by atoms with Crippen molar-refractivity contribution in [2.45, 2.75) is 47.5 Å². The van der Waals surface area contributed by atoms with Crippen LogP contribution >= 0.6 is 0 Å². The average molecular weight is 160 g/mol. The van der Waals surface area contributed by atoms with Crippen molar-refractivity contribution in [3.05, 3.63) is 0 Å². The molecule has 0 spiro atoms. The smallest absolute Gasteiger partial charge is 0.0437 e. The minimum Gasteiger partial charge on any atom is -0.382 e. The van der Waals surface area contributed by atoms with Crippen LogP contribution in [-0.4, -0.2) is 13.2 Å². The molecule has 70 valence electrons. The van der Waals surface area contributed by atoms with Crippen molar-refractivity contribution in [2.24, 2.45) is 5.92 Å². The number of rotatable bonds is 4. The van der Waals surface area contributed by atoms with Crippen molar-refractivity contribution in [1.29, 1.82) is 0 Å². The second-order valence-electron chi connectivity index (χ2n) is 2.96. The molecule has 11 heavy (non-hydrogen) atoms. The fourth-order valence-corrected chi connectivity index (χ4v) is 0.781. The van der Waals surface area contributed by atoms with Gasteiger partial charge in [0.25, 0.3) is 0 Å². The highest BCUT2D eigenvalue weighted by Gasteiger charge is 1.85. The van der Waals surface area contributed by atoms with E-state index in [1.807, 2.05) is 13.8 Å². The first-order valence-corrected chi connectivity index (χ1v) is 4.76. The van der Waals surface area contributed by atoms with Gasteiger partial charge in [0.2, 0.25) is 0 Å². The maximum atomic E-state index is 4.83. The predicted octanol–water partition coefficient (Wildman–Crippen LogP) is 3.49. The van der Waals surface area contributed by atoms with E-state index in [1.165, 1.54) is 12.8 Å². The molecule has 0 aliphatic carbocycles. The standard InChI is InChI=1S/C6H14.C4H10O/c1-4-5-6(2)3;1-3-5-4-2/h6H,4-5H2,1-3H3;3-4H2,1-2H3. The van der Waals surface area contributed by atoms with Crippen LogP contribution in [0.4, 0.5) is 0 Å². The highest BCUT2D eigenvalue weighted by Crippen LogP contribution is 2.00. The van der Waals surface area contributed by atoms with Crippen LogP contribution in [0, 0.1) is 5.92 Å². The summed E-state index contributed by atoms with van der Waals surface area (Å²) in [7, 11) is 0. The molecule has 0 saturated heterocycles. The highest BCUT2D eigenvalue weighted by molar-refractivity contribution is 4.38. The van der Waals surface area contributed by atoms with E-state index < -0.39 is 0 Å². The van der Waals surface area contributed by atoms with E-state index in [0.717, 1.165) is 19.1 Å². The molecule has 0 aromatic rings. The van der Waals surface area contributed by atoms with Gasteiger partial charge in [-0.3, -0.25) is 0 Å². The van der Waals surface area contributed by atoms with Crippen LogP contribution in [0.1, 0.15) is 47.5 Å². The first kappa shape index (κ1) is 13.5. The Bertz CT molecular complexity index is 48.8. The predicted molar refractivity (Wildman–Crippen MR) is 51.9 cm³/mol. The molecule has 0 rings (SSSR count). The molecule has 0 radical (unpaired) electrons. The minimum atomic E-state index is 0.844. The summed E-state index contributed by atoms with van der Waals surface area (Å²) in [6.45, 7) is 12.4. The lowest BCUT2D eigenvalue weighted by Crippen LogP contribution is -1.84. The van der Waals surface area contributed by atoms with Gasteiger partial charge in [-0.1, -0.05) is 33.6 Å². The van der Waals surface area contributed by atoms with E-state index in [1.54, 1.807) is 0 Å². The maximum Gasteiger partial charge on any atom is 0.0437 e. The fraction of sp³-hybridized carbons (Fsp3) is 1.00. The Morgan fingerprint density at radius 2 is 1.45 bits per heavy atom. The van der Waals surface area contributed by atoms with E-state index in [9.17, 15) is 0 Å². The average Bonchev–Trinajstić information content (AvgIpc) is 1.90. The molecule has 1 nitrogen and oxygen atoms in total. The van der Waals surface area contributed by atoms with Crippen LogP contribution in [0.2, 0.25) is 0 Å². The lowest BCUT2D eigenvalue weighted by atomic mass is 10.1. The zero-order valence-electron chi connectivity index (χ0n) is 8.81. The molecular weight excluding hydrogens is 136 g/mol. The molecule has 1 heteroatoms. The summed E-state index contributed by atoms with van der Waals surface area (Å²) in [5, 5.41) is 0. The first-order valence-electron chi connectivity index (χ1n) is 4.76. The first-order chi connectivity index (χ1) is 5.18.